The van der Waals surface area contributed by atoms with Crippen LogP contribution in [-0.2, 0) is 6.54 Å². The fourth-order valence-corrected chi connectivity index (χ4v) is 1.38. The van der Waals surface area contributed by atoms with Gasteiger partial charge in [-0.25, -0.2) is 0 Å². The summed E-state index contributed by atoms with van der Waals surface area (Å²) in [5, 5.41) is 3.25. The number of ether oxygens (including phenoxy) is 2. The van der Waals surface area contributed by atoms with Crippen molar-refractivity contribution in [1.29, 1.82) is 0 Å². The first kappa shape index (κ1) is 12.4. The van der Waals surface area contributed by atoms with Gasteiger partial charge in [-0.05, 0) is 6.07 Å². The molecule has 0 bridgehead atoms. The Kier molecular flexibility index (Phi) is 5.24. The molecule has 3 nitrogen and oxygen atoms in total. The van der Waals surface area contributed by atoms with Crippen LogP contribution in [0, 0.1) is 12.3 Å². The summed E-state index contributed by atoms with van der Waals surface area (Å²) in [5.41, 5.74) is 1.10. The second kappa shape index (κ2) is 6.76. The lowest BCUT2D eigenvalue weighted by molar-refractivity contribution is 0.390. The van der Waals surface area contributed by atoms with E-state index in [2.05, 4.69) is 11.2 Å². The van der Waals surface area contributed by atoms with Gasteiger partial charge >= 0.3 is 0 Å². The van der Waals surface area contributed by atoms with Crippen LogP contribution in [0.4, 0.5) is 0 Å². The zero-order valence-electron chi connectivity index (χ0n) is 9.75. The summed E-state index contributed by atoms with van der Waals surface area (Å²) in [5.74, 6) is 4.21. The van der Waals surface area contributed by atoms with Crippen molar-refractivity contribution in [1.82, 2.24) is 5.32 Å². The van der Waals surface area contributed by atoms with Crippen LogP contribution < -0.4 is 14.8 Å². The van der Waals surface area contributed by atoms with Gasteiger partial charge < -0.3 is 14.8 Å². The van der Waals surface area contributed by atoms with Gasteiger partial charge in [0.1, 0.15) is 11.5 Å². The zero-order valence-corrected chi connectivity index (χ0v) is 9.75. The van der Waals surface area contributed by atoms with E-state index >= 15 is 0 Å². The number of hydrogen-bond acceptors (Lipinski definition) is 3. The Morgan fingerprint density at radius 1 is 1.31 bits per heavy atom. The lowest BCUT2D eigenvalue weighted by Gasteiger charge is -2.10. The Hall–Kier alpha value is -1.66. The summed E-state index contributed by atoms with van der Waals surface area (Å²) in [7, 11) is 3.29. The molecule has 16 heavy (non-hydrogen) atoms. The number of benzene rings is 1. The highest BCUT2D eigenvalue weighted by molar-refractivity contribution is 5.40. The Bertz CT molecular complexity index is 369. The van der Waals surface area contributed by atoms with Crippen molar-refractivity contribution in [2.45, 2.75) is 13.0 Å². The molecule has 1 aromatic carbocycles. The predicted octanol–water partition coefficient (Wildman–Crippen LogP) is 1.82. The molecule has 3 heteroatoms. The molecule has 0 fully saturated rings. The maximum Gasteiger partial charge on any atom is 0.127 e. The summed E-state index contributed by atoms with van der Waals surface area (Å²) in [6, 6.07) is 5.78. The van der Waals surface area contributed by atoms with Crippen molar-refractivity contribution < 1.29 is 9.47 Å². The lowest BCUT2D eigenvalue weighted by Crippen LogP contribution is -2.14. The number of hydrogen-bond donors (Lipinski definition) is 1. The van der Waals surface area contributed by atoms with Crippen molar-refractivity contribution in [2.24, 2.45) is 0 Å². The molecule has 1 rings (SSSR count). The van der Waals surface area contributed by atoms with E-state index in [1.807, 2.05) is 18.2 Å². The summed E-state index contributed by atoms with van der Waals surface area (Å²) in [6.07, 6.45) is 5.91. The molecule has 0 atom stereocenters. The third-order valence-electron chi connectivity index (χ3n) is 2.26. The SMILES string of the molecule is C#CCCNCc1ccc(OC)cc1OC. The molecule has 86 valence electrons. The summed E-state index contributed by atoms with van der Waals surface area (Å²) >= 11 is 0. The summed E-state index contributed by atoms with van der Waals surface area (Å²) in [4.78, 5) is 0. The predicted molar refractivity (Wildman–Crippen MR) is 64.7 cm³/mol. The lowest BCUT2D eigenvalue weighted by atomic mass is 10.2. The van der Waals surface area contributed by atoms with Gasteiger partial charge in [0, 0.05) is 31.1 Å². The van der Waals surface area contributed by atoms with Crippen LogP contribution in [0.25, 0.3) is 0 Å². The highest BCUT2D eigenvalue weighted by atomic mass is 16.5. The van der Waals surface area contributed by atoms with E-state index in [0.29, 0.717) is 0 Å². The molecule has 0 radical (unpaired) electrons. The minimum atomic E-state index is 0.735. The number of nitrogens with one attached hydrogen (secondary N) is 1. The van der Waals surface area contributed by atoms with Crippen molar-refractivity contribution in [3.05, 3.63) is 23.8 Å². The van der Waals surface area contributed by atoms with E-state index in [-0.39, 0.29) is 0 Å². The van der Waals surface area contributed by atoms with Gasteiger partial charge in [0.05, 0.1) is 14.2 Å². The smallest absolute Gasteiger partial charge is 0.127 e. The van der Waals surface area contributed by atoms with E-state index in [1.54, 1.807) is 14.2 Å². The van der Waals surface area contributed by atoms with Crippen LogP contribution in [-0.4, -0.2) is 20.8 Å². The monoisotopic (exact) mass is 219 g/mol. The van der Waals surface area contributed by atoms with Crippen molar-refractivity contribution in [3.8, 4) is 23.8 Å². The first-order valence-electron chi connectivity index (χ1n) is 5.17. The highest BCUT2D eigenvalue weighted by Gasteiger charge is 2.03. The van der Waals surface area contributed by atoms with Gasteiger partial charge in [-0.2, -0.15) is 0 Å². The Labute approximate surface area is 96.8 Å². The van der Waals surface area contributed by atoms with Gasteiger partial charge in [-0.1, -0.05) is 6.07 Å². The standard InChI is InChI=1S/C13H17NO2/c1-4-5-8-14-10-11-6-7-12(15-2)9-13(11)16-3/h1,6-7,9,14H,5,8,10H2,2-3H3. The fourth-order valence-electron chi connectivity index (χ4n) is 1.38. The third-order valence-corrected chi connectivity index (χ3v) is 2.26. The van der Waals surface area contributed by atoms with Crippen molar-refractivity contribution >= 4 is 0 Å². The van der Waals surface area contributed by atoms with E-state index in [0.717, 1.165) is 36.6 Å². The molecule has 0 aliphatic carbocycles. The first-order chi connectivity index (χ1) is 7.81. The quantitative estimate of drug-likeness (QED) is 0.584. The normalized spacial score (nSPS) is 9.56. The molecule has 0 aromatic heterocycles. The number of rotatable bonds is 6. The number of terminal acetylenes is 1. The highest BCUT2D eigenvalue weighted by Crippen LogP contribution is 2.24. The zero-order chi connectivity index (χ0) is 11.8. The molecule has 0 saturated carbocycles. The fraction of sp³-hybridized carbons (Fsp3) is 0.385. The summed E-state index contributed by atoms with van der Waals surface area (Å²) in [6.45, 7) is 1.56. The van der Waals surface area contributed by atoms with Crippen LogP contribution in [0.5, 0.6) is 11.5 Å². The van der Waals surface area contributed by atoms with E-state index < -0.39 is 0 Å². The molecule has 0 aliphatic rings. The van der Waals surface area contributed by atoms with E-state index in [9.17, 15) is 0 Å². The maximum atomic E-state index is 5.28. The number of methoxy groups -OCH3 is 2. The van der Waals surface area contributed by atoms with Crippen LogP contribution in [0.2, 0.25) is 0 Å². The van der Waals surface area contributed by atoms with Crippen molar-refractivity contribution in [3.63, 3.8) is 0 Å². The molecule has 1 N–H and O–H groups in total. The van der Waals surface area contributed by atoms with Gasteiger partial charge in [0.2, 0.25) is 0 Å². The maximum absolute atomic E-state index is 5.28. The molecule has 0 heterocycles. The minimum Gasteiger partial charge on any atom is -0.497 e. The second-order valence-corrected chi connectivity index (χ2v) is 3.31. The van der Waals surface area contributed by atoms with Crippen LogP contribution in [0.1, 0.15) is 12.0 Å². The molecule has 0 saturated heterocycles. The molecule has 0 aliphatic heterocycles. The molecule has 0 unspecified atom stereocenters. The van der Waals surface area contributed by atoms with Gasteiger partial charge in [-0.15, -0.1) is 12.3 Å². The molecule has 0 spiro atoms. The molecular formula is C13H17NO2. The van der Waals surface area contributed by atoms with Crippen LogP contribution in [0.15, 0.2) is 18.2 Å². The van der Waals surface area contributed by atoms with Gasteiger partial charge in [0.25, 0.3) is 0 Å². The molecular weight excluding hydrogens is 202 g/mol. The average molecular weight is 219 g/mol. The molecule has 1 aromatic rings. The topological polar surface area (TPSA) is 30.5 Å². The van der Waals surface area contributed by atoms with Gasteiger partial charge in [-0.3, -0.25) is 0 Å². The first-order valence-corrected chi connectivity index (χ1v) is 5.17. The van der Waals surface area contributed by atoms with Crippen molar-refractivity contribution in [2.75, 3.05) is 20.8 Å². The average Bonchev–Trinajstić information content (AvgIpc) is 2.34. The van der Waals surface area contributed by atoms with E-state index in [1.165, 1.54) is 0 Å². The summed E-state index contributed by atoms with van der Waals surface area (Å²) < 4.78 is 10.4. The minimum absolute atomic E-state index is 0.735. The largest absolute Gasteiger partial charge is 0.497 e. The van der Waals surface area contributed by atoms with Gasteiger partial charge in [0.15, 0.2) is 0 Å². The Morgan fingerprint density at radius 3 is 2.75 bits per heavy atom. The van der Waals surface area contributed by atoms with Crippen LogP contribution >= 0.6 is 0 Å². The third kappa shape index (κ3) is 3.48. The molecule has 0 amide bonds. The van der Waals surface area contributed by atoms with E-state index in [4.69, 9.17) is 15.9 Å². The van der Waals surface area contributed by atoms with Crippen LogP contribution in [0.3, 0.4) is 0 Å². The Morgan fingerprint density at radius 2 is 2.12 bits per heavy atom. The Balaban J connectivity index is 2.61. The second-order valence-electron chi connectivity index (χ2n) is 3.31.